The average Bonchev–Trinajstić information content (AvgIpc) is 2.79. The van der Waals surface area contributed by atoms with Gasteiger partial charge in [0.25, 0.3) is 0 Å². The molecule has 2 aromatic rings. The minimum atomic E-state index is -4.53. The van der Waals surface area contributed by atoms with Gasteiger partial charge in [0.2, 0.25) is 5.95 Å². The Balaban J connectivity index is 2.49. The van der Waals surface area contributed by atoms with Gasteiger partial charge in [0.15, 0.2) is 11.5 Å². The minimum Gasteiger partial charge on any atom is -0.463 e. The van der Waals surface area contributed by atoms with Crippen LogP contribution in [-0.2, 0) is 6.18 Å². The molecule has 7 heteroatoms. The molecule has 0 atom stereocenters. The summed E-state index contributed by atoms with van der Waals surface area (Å²) < 4.78 is 43.4. The van der Waals surface area contributed by atoms with Gasteiger partial charge in [-0.15, -0.1) is 0 Å². The third-order valence-electron chi connectivity index (χ3n) is 2.21. The molecule has 0 radical (unpaired) electrons. The highest BCUT2D eigenvalue weighted by Gasteiger charge is 2.34. The maximum absolute atomic E-state index is 12.8. The van der Waals surface area contributed by atoms with Crippen LogP contribution in [-0.4, -0.2) is 16.0 Å². The van der Waals surface area contributed by atoms with E-state index in [0.29, 0.717) is 0 Å². The lowest BCUT2D eigenvalue weighted by atomic mass is 10.2. The summed E-state index contributed by atoms with van der Waals surface area (Å²) in [5, 5.41) is 2.76. The molecule has 102 valence electrons. The lowest BCUT2D eigenvalue weighted by Gasteiger charge is -2.12. The zero-order valence-electron chi connectivity index (χ0n) is 10.3. The van der Waals surface area contributed by atoms with Gasteiger partial charge in [-0.25, -0.2) is 9.97 Å². The van der Waals surface area contributed by atoms with E-state index in [0.717, 1.165) is 6.07 Å². The summed E-state index contributed by atoms with van der Waals surface area (Å²) in [6.07, 6.45) is -3.15. The molecule has 0 aliphatic rings. The normalized spacial score (nSPS) is 11.9. The van der Waals surface area contributed by atoms with Crippen molar-refractivity contribution >= 4 is 5.95 Å². The van der Waals surface area contributed by atoms with Crippen LogP contribution in [0, 0.1) is 0 Å². The lowest BCUT2D eigenvalue weighted by Crippen LogP contribution is -2.16. The molecule has 1 N–H and O–H groups in total. The van der Waals surface area contributed by atoms with E-state index in [2.05, 4.69) is 15.3 Å². The number of alkyl halides is 3. The predicted molar refractivity (Wildman–Crippen MR) is 63.5 cm³/mol. The van der Waals surface area contributed by atoms with Crippen LogP contribution in [0.4, 0.5) is 19.1 Å². The van der Waals surface area contributed by atoms with Crippen LogP contribution in [0.3, 0.4) is 0 Å². The molecule has 0 fully saturated rings. The maximum atomic E-state index is 12.8. The van der Waals surface area contributed by atoms with Gasteiger partial charge in [-0.3, -0.25) is 0 Å². The van der Waals surface area contributed by atoms with E-state index in [4.69, 9.17) is 4.42 Å². The summed E-state index contributed by atoms with van der Waals surface area (Å²) in [4.78, 5) is 7.48. The highest BCUT2D eigenvalue weighted by atomic mass is 19.4. The Morgan fingerprint density at radius 2 is 2.00 bits per heavy atom. The van der Waals surface area contributed by atoms with Crippen molar-refractivity contribution in [1.82, 2.24) is 9.97 Å². The van der Waals surface area contributed by atoms with E-state index >= 15 is 0 Å². The Hall–Kier alpha value is -2.05. The SMILES string of the molecule is CC(C)Nc1nc(-c2ccco2)cc(C(F)(F)F)n1. The van der Waals surface area contributed by atoms with Crippen LogP contribution in [0.15, 0.2) is 28.9 Å². The summed E-state index contributed by atoms with van der Waals surface area (Å²) in [7, 11) is 0. The average molecular weight is 271 g/mol. The summed E-state index contributed by atoms with van der Waals surface area (Å²) >= 11 is 0. The number of hydrogen-bond acceptors (Lipinski definition) is 4. The third kappa shape index (κ3) is 3.24. The van der Waals surface area contributed by atoms with Crippen molar-refractivity contribution in [3.05, 3.63) is 30.2 Å². The highest BCUT2D eigenvalue weighted by molar-refractivity contribution is 5.54. The monoisotopic (exact) mass is 271 g/mol. The lowest BCUT2D eigenvalue weighted by molar-refractivity contribution is -0.141. The van der Waals surface area contributed by atoms with Gasteiger partial charge in [0, 0.05) is 6.04 Å². The zero-order chi connectivity index (χ0) is 14.0. The molecule has 0 aliphatic heterocycles. The number of hydrogen-bond donors (Lipinski definition) is 1. The molecule has 19 heavy (non-hydrogen) atoms. The second kappa shape index (κ2) is 4.91. The Kier molecular flexibility index (Phi) is 3.46. The van der Waals surface area contributed by atoms with Gasteiger partial charge in [-0.2, -0.15) is 13.2 Å². The fraction of sp³-hybridized carbons (Fsp3) is 0.333. The van der Waals surface area contributed by atoms with E-state index in [-0.39, 0.29) is 23.4 Å². The first-order chi connectivity index (χ1) is 8.86. The molecule has 0 aliphatic carbocycles. The maximum Gasteiger partial charge on any atom is 0.433 e. The molecule has 0 spiro atoms. The van der Waals surface area contributed by atoms with Crippen LogP contribution in [0.25, 0.3) is 11.5 Å². The van der Waals surface area contributed by atoms with Crippen molar-refractivity contribution < 1.29 is 17.6 Å². The molecule has 2 heterocycles. The first-order valence-electron chi connectivity index (χ1n) is 5.63. The van der Waals surface area contributed by atoms with Crippen LogP contribution in [0.5, 0.6) is 0 Å². The highest BCUT2D eigenvalue weighted by Crippen LogP contribution is 2.31. The summed E-state index contributed by atoms with van der Waals surface area (Å²) in [5.74, 6) is 0.191. The number of halogens is 3. The summed E-state index contributed by atoms with van der Waals surface area (Å²) in [6.45, 7) is 3.58. The van der Waals surface area contributed by atoms with Crippen LogP contribution in [0.2, 0.25) is 0 Å². The number of rotatable bonds is 3. The number of anilines is 1. The van der Waals surface area contributed by atoms with E-state index in [1.54, 1.807) is 26.0 Å². The van der Waals surface area contributed by atoms with Gasteiger partial charge >= 0.3 is 6.18 Å². The minimum absolute atomic E-state index is 0.0729. The predicted octanol–water partition coefficient (Wildman–Crippen LogP) is 3.58. The second-order valence-corrected chi connectivity index (χ2v) is 4.24. The van der Waals surface area contributed by atoms with Crippen molar-refractivity contribution in [1.29, 1.82) is 0 Å². The molecular formula is C12H12F3N3O. The van der Waals surface area contributed by atoms with Gasteiger partial charge in [-0.1, -0.05) is 0 Å². The van der Waals surface area contributed by atoms with Crippen molar-refractivity contribution in [3.63, 3.8) is 0 Å². The number of aromatic nitrogens is 2. The molecule has 0 aromatic carbocycles. The zero-order valence-corrected chi connectivity index (χ0v) is 10.3. The number of nitrogens with zero attached hydrogens (tertiary/aromatic N) is 2. The van der Waals surface area contributed by atoms with Crippen molar-refractivity contribution in [2.45, 2.75) is 26.1 Å². The van der Waals surface area contributed by atoms with Gasteiger partial charge in [0.05, 0.1) is 6.26 Å². The van der Waals surface area contributed by atoms with Gasteiger partial charge in [0.1, 0.15) is 5.69 Å². The first kappa shape index (κ1) is 13.4. The van der Waals surface area contributed by atoms with Crippen LogP contribution < -0.4 is 5.32 Å². The van der Waals surface area contributed by atoms with Gasteiger partial charge < -0.3 is 9.73 Å². The largest absolute Gasteiger partial charge is 0.463 e. The Labute approximate surface area is 107 Å². The first-order valence-corrected chi connectivity index (χ1v) is 5.63. The molecular weight excluding hydrogens is 259 g/mol. The fourth-order valence-corrected chi connectivity index (χ4v) is 1.47. The van der Waals surface area contributed by atoms with E-state index in [1.807, 2.05) is 0 Å². The molecule has 2 aromatic heterocycles. The molecule has 2 rings (SSSR count). The van der Waals surface area contributed by atoms with E-state index in [9.17, 15) is 13.2 Å². The summed E-state index contributed by atoms with van der Waals surface area (Å²) in [5.41, 5.74) is -0.910. The van der Waals surface area contributed by atoms with E-state index < -0.39 is 11.9 Å². The Morgan fingerprint density at radius 3 is 2.53 bits per heavy atom. The topological polar surface area (TPSA) is 51.0 Å². The number of nitrogens with one attached hydrogen (secondary N) is 1. The molecule has 0 unspecified atom stereocenters. The standard InChI is InChI=1S/C12H12F3N3O/c1-7(2)16-11-17-8(9-4-3-5-19-9)6-10(18-11)12(13,14)15/h3-7H,1-2H3,(H,16,17,18). The molecule has 0 saturated carbocycles. The van der Waals surface area contributed by atoms with Gasteiger partial charge in [-0.05, 0) is 32.0 Å². The molecule has 0 saturated heterocycles. The summed E-state index contributed by atoms with van der Waals surface area (Å²) in [6, 6.07) is 3.92. The van der Waals surface area contributed by atoms with Crippen molar-refractivity contribution in [3.8, 4) is 11.5 Å². The van der Waals surface area contributed by atoms with E-state index in [1.165, 1.54) is 6.26 Å². The second-order valence-electron chi connectivity index (χ2n) is 4.24. The van der Waals surface area contributed by atoms with Crippen LogP contribution >= 0.6 is 0 Å². The fourth-order valence-electron chi connectivity index (χ4n) is 1.47. The van der Waals surface area contributed by atoms with Crippen LogP contribution in [0.1, 0.15) is 19.5 Å². The Morgan fingerprint density at radius 1 is 1.26 bits per heavy atom. The number of furan rings is 1. The molecule has 0 amide bonds. The van der Waals surface area contributed by atoms with Crippen molar-refractivity contribution in [2.75, 3.05) is 5.32 Å². The molecule has 0 bridgehead atoms. The molecule has 4 nitrogen and oxygen atoms in total. The quantitative estimate of drug-likeness (QED) is 0.927. The van der Waals surface area contributed by atoms with Crippen molar-refractivity contribution in [2.24, 2.45) is 0 Å². The smallest absolute Gasteiger partial charge is 0.433 e. The third-order valence-corrected chi connectivity index (χ3v) is 2.21. The Bertz CT molecular complexity index is 550.